The average Bonchev–Trinajstić information content (AvgIpc) is 3.27. The van der Waals surface area contributed by atoms with Gasteiger partial charge in [0.2, 0.25) is 11.8 Å². The van der Waals surface area contributed by atoms with E-state index in [0.717, 1.165) is 0 Å². The molecule has 0 unspecified atom stereocenters. The highest BCUT2D eigenvalue weighted by molar-refractivity contribution is 6.00. The first-order valence-corrected chi connectivity index (χ1v) is 13.3. The monoisotopic (exact) mass is 550 g/mol. The van der Waals surface area contributed by atoms with Gasteiger partial charge in [0.15, 0.2) is 0 Å². The zero-order valence-electron chi connectivity index (χ0n) is 23.8. The molecule has 4 N–H and O–H groups in total. The van der Waals surface area contributed by atoms with Gasteiger partial charge in [-0.2, -0.15) is 0 Å². The fraction of sp³-hybridized carbons (Fsp3) is 0.400. The van der Waals surface area contributed by atoms with Gasteiger partial charge in [-0.15, -0.1) is 0 Å². The summed E-state index contributed by atoms with van der Waals surface area (Å²) in [5.74, 6) is -0.893. The summed E-state index contributed by atoms with van der Waals surface area (Å²) in [6.45, 7) is 11.1. The highest BCUT2D eigenvalue weighted by Gasteiger charge is 2.26. The average molecular weight is 551 g/mol. The van der Waals surface area contributed by atoms with Gasteiger partial charge in [0.25, 0.3) is 0 Å². The van der Waals surface area contributed by atoms with Gasteiger partial charge in [0.05, 0.1) is 6.61 Å². The molecule has 1 atom stereocenters. The molecule has 3 amide bonds. The molecule has 0 aliphatic rings. The number of rotatable bonds is 10. The van der Waals surface area contributed by atoms with Crippen molar-refractivity contribution in [1.29, 1.82) is 0 Å². The third-order valence-corrected chi connectivity index (χ3v) is 5.70. The van der Waals surface area contributed by atoms with E-state index < -0.39 is 29.6 Å². The van der Waals surface area contributed by atoms with Crippen LogP contribution in [-0.2, 0) is 25.5 Å². The number of para-hydroxylation sites is 1. The molecule has 2 aromatic carbocycles. The third-order valence-electron chi connectivity index (χ3n) is 5.70. The maximum Gasteiger partial charge on any atom is 0.408 e. The van der Waals surface area contributed by atoms with Crippen LogP contribution in [0.5, 0.6) is 0 Å². The number of aromatic nitrogens is 1. The lowest BCUT2D eigenvalue weighted by atomic mass is 10.0. The molecule has 0 spiro atoms. The number of esters is 1. The van der Waals surface area contributed by atoms with E-state index >= 15 is 0 Å². The SMILES string of the molecule is CCOC(=O)c1cc2cc(NC(=O)[C@H](Cc3ccccc3NC(=O)CC(C)C)NC(=O)OC(C)(C)C)ccc2[nH]1. The highest BCUT2D eigenvalue weighted by Crippen LogP contribution is 2.22. The first kappa shape index (κ1) is 30.2. The predicted molar refractivity (Wildman–Crippen MR) is 154 cm³/mol. The van der Waals surface area contributed by atoms with E-state index in [4.69, 9.17) is 9.47 Å². The lowest BCUT2D eigenvalue weighted by Crippen LogP contribution is -2.47. The summed E-state index contributed by atoms with van der Waals surface area (Å²) in [7, 11) is 0. The first-order chi connectivity index (χ1) is 18.8. The molecular formula is C30H38N4O6. The molecule has 0 saturated heterocycles. The Morgan fingerprint density at radius 2 is 1.70 bits per heavy atom. The van der Waals surface area contributed by atoms with E-state index in [1.165, 1.54) is 0 Å². The molecule has 10 heteroatoms. The lowest BCUT2D eigenvalue weighted by Gasteiger charge is -2.24. The van der Waals surface area contributed by atoms with Crippen LogP contribution in [0.2, 0.25) is 0 Å². The number of benzene rings is 2. The minimum Gasteiger partial charge on any atom is -0.461 e. The second-order valence-corrected chi connectivity index (χ2v) is 10.9. The van der Waals surface area contributed by atoms with Crippen LogP contribution in [0.1, 0.15) is 64.0 Å². The lowest BCUT2D eigenvalue weighted by molar-refractivity contribution is -0.118. The van der Waals surface area contributed by atoms with E-state index in [1.807, 2.05) is 13.8 Å². The van der Waals surface area contributed by atoms with Crippen LogP contribution in [0.15, 0.2) is 48.5 Å². The number of fused-ring (bicyclic) bond motifs is 1. The topological polar surface area (TPSA) is 139 Å². The number of amides is 3. The molecular weight excluding hydrogens is 512 g/mol. The number of hydrogen-bond donors (Lipinski definition) is 4. The zero-order chi connectivity index (χ0) is 29.4. The first-order valence-electron chi connectivity index (χ1n) is 13.3. The molecule has 3 rings (SSSR count). The summed E-state index contributed by atoms with van der Waals surface area (Å²) in [6.07, 6.45) is -0.287. The van der Waals surface area contributed by atoms with Gasteiger partial charge in [-0.1, -0.05) is 32.0 Å². The zero-order valence-corrected chi connectivity index (χ0v) is 23.8. The molecule has 40 heavy (non-hydrogen) atoms. The number of nitrogens with one attached hydrogen (secondary N) is 4. The van der Waals surface area contributed by atoms with Gasteiger partial charge in [-0.25, -0.2) is 9.59 Å². The summed E-state index contributed by atoms with van der Waals surface area (Å²) in [5, 5.41) is 9.13. The van der Waals surface area contributed by atoms with Crippen molar-refractivity contribution in [2.45, 2.75) is 66.0 Å². The van der Waals surface area contributed by atoms with Crippen LogP contribution in [-0.4, -0.2) is 47.1 Å². The number of H-pyrrole nitrogens is 1. The normalized spacial score (nSPS) is 12.1. The Labute approximate surface area is 234 Å². The van der Waals surface area contributed by atoms with Gasteiger partial charge in [0.1, 0.15) is 17.3 Å². The third kappa shape index (κ3) is 8.86. The Hall–Kier alpha value is -4.34. The summed E-state index contributed by atoms with van der Waals surface area (Å²) >= 11 is 0. The number of anilines is 2. The Kier molecular flexibility index (Phi) is 9.93. The second-order valence-electron chi connectivity index (χ2n) is 10.9. The van der Waals surface area contributed by atoms with E-state index in [0.29, 0.717) is 40.0 Å². The number of hydrogen-bond acceptors (Lipinski definition) is 6. The van der Waals surface area contributed by atoms with Crippen molar-refractivity contribution in [2.24, 2.45) is 5.92 Å². The van der Waals surface area contributed by atoms with Crippen LogP contribution in [0.4, 0.5) is 16.2 Å². The van der Waals surface area contributed by atoms with Crippen molar-refractivity contribution in [3.8, 4) is 0 Å². The minimum atomic E-state index is -1.02. The Morgan fingerprint density at radius 1 is 0.975 bits per heavy atom. The molecule has 1 aromatic heterocycles. The number of alkyl carbamates (subject to hydrolysis) is 1. The molecule has 0 aliphatic heterocycles. The molecule has 214 valence electrons. The molecule has 0 bridgehead atoms. The van der Waals surface area contributed by atoms with Crippen LogP contribution >= 0.6 is 0 Å². The van der Waals surface area contributed by atoms with E-state index in [1.54, 1.807) is 76.2 Å². The quantitative estimate of drug-likeness (QED) is 0.249. The summed E-state index contributed by atoms with van der Waals surface area (Å²) in [6, 6.07) is 12.9. The summed E-state index contributed by atoms with van der Waals surface area (Å²) < 4.78 is 10.4. The van der Waals surface area contributed by atoms with Crippen LogP contribution in [0, 0.1) is 5.92 Å². The molecule has 0 fully saturated rings. The van der Waals surface area contributed by atoms with Crippen LogP contribution in [0.3, 0.4) is 0 Å². The van der Waals surface area contributed by atoms with Crippen molar-refractivity contribution in [2.75, 3.05) is 17.2 Å². The van der Waals surface area contributed by atoms with Gasteiger partial charge in [-0.3, -0.25) is 9.59 Å². The number of carbonyl (C=O) groups is 4. The maximum absolute atomic E-state index is 13.5. The summed E-state index contributed by atoms with van der Waals surface area (Å²) in [4.78, 5) is 53.7. The maximum atomic E-state index is 13.5. The minimum absolute atomic E-state index is 0.0998. The summed E-state index contributed by atoms with van der Waals surface area (Å²) in [5.41, 5.74) is 1.97. The molecule has 1 heterocycles. The number of ether oxygens (including phenoxy) is 2. The van der Waals surface area contributed by atoms with Crippen LogP contribution < -0.4 is 16.0 Å². The fourth-order valence-corrected chi connectivity index (χ4v) is 4.03. The van der Waals surface area contributed by atoms with Crippen molar-refractivity contribution in [3.05, 3.63) is 59.8 Å². The molecule has 10 nitrogen and oxygen atoms in total. The fourth-order valence-electron chi connectivity index (χ4n) is 4.03. The van der Waals surface area contributed by atoms with Gasteiger partial charge >= 0.3 is 12.1 Å². The Balaban J connectivity index is 1.84. The molecule has 0 aliphatic carbocycles. The smallest absolute Gasteiger partial charge is 0.408 e. The van der Waals surface area contributed by atoms with E-state index in [2.05, 4.69) is 20.9 Å². The molecule has 3 aromatic rings. The molecule has 0 radical (unpaired) electrons. The van der Waals surface area contributed by atoms with Crippen molar-refractivity contribution >= 4 is 46.2 Å². The van der Waals surface area contributed by atoms with Gasteiger partial charge < -0.3 is 30.4 Å². The Morgan fingerprint density at radius 3 is 2.38 bits per heavy atom. The van der Waals surface area contributed by atoms with Crippen molar-refractivity contribution < 1.29 is 28.7 Å². The van der Waals surface area contributed by atoms with E-state index in [-0.39, 0.29) is 24.9 Å². The van der Waals surface area contributed by atoms with Gasteiger partial charge in [-0.05, 0) is 69.5 Å². The number of carbonyl (C=O) groups excluding carboxylic acids is 4. The van der Waals surface area contributed by atoms with Crippen LogP contribution in [0.25, 0.3) is 10.9 Å². The van der Waals surface area contributed by atoms with Crippen molar-refractivity contribution in [3.63, 3.8) is 0 Å². The number of aromatic amines is 1. The highest BCUT2D eigenvalue weighted by atomic mass is 16.6. The standard InChI is InChI=1S/C30H38N4O6/c1-7-39-28(37)25-17-20-15-21(12-13-23(20)32-25)31-27(36)24(34-29(38)40-30(4,5)6)16-19-10-8-9-11-22(19)33-26(35)14-18(2)3/h8-13,15,17-18,24,32H,7,14,16H2,1-6H3,(H,31,36)(H,33,35)(H,34,38)/t24-/m0/s1. The largest absolute Gasteiger partial charge is 0.461 e. The van der Waals surface area contributed by atoms with E-state index in [9.17, 15) is 19.2 Å². The van der Waals surface area contributed by atoms with Gasteiger partial charge in [0, 0.05) is 35.1 Å². The second kappa shape index (κ2) is 13.1. The Bertz CT molecular complexity index is 1370. The predicted octanol–water partition coefficient (Wildman–Crippen LogP) is 5.40. The molecule has 0 saturated carbocycles. The van der Waals surface area contributed by atoms with Crippen molar-refractivity contribution in [1.82, 2.24) is 10.3 Å².